The molecule has 0 saturated carbocycles. The summed E-state index contributed by atoms with van der Waals surface area (Å²) in [5.41, 5.74) is 2.12. The standard InChI is InChI=1S/C7H6N2.C4H8N2O/c1-2-6-7(8-4-1)3-5-9-6;7-4-3-5-1-2-6-4/h1-5,9H;5H,1-3H2,(H,6,7). The molecule has 5 nitrogen and oxygen atoms in total. The van der Waals surface area contributed by atoms with Gasteiger partial charge in [0, 0.05) is 25.5 Å². The molecule has 0 aromatic carbocycles. The van der Waals surface area contributed by atoms with Crippen molar-refractivity contribution in [3.05, 3.63) is 30.6 Å². The van der Waals surface area contributed by atoms with Crippen molar-refractivity contribution in [3.8, 4) is 0 Å². The van der Waals surface area contributed by atoms with E-state index < -0.39 is 0 Å². The molecule has 1 amide bonds. The Kier molecular flexibility index (Phi) is 3.50. The Labute approximate surface area is 93.3 Å². The van der Waals surface area contributed by atoms with Gasteiger partial charge in [-0.2, -0.15) is 0 Å². The number of pyridine rings is 1. The number of aromatic nitrogens is 2. The molecule has 3 rings (SSSR count). The van der Waals surface area contributed by atoms with Gasteiger partial charge in [-0.1, -0.05) is 0 Å². The van der Waals surface area contributed by atoms with E-state index in [9.17, 15) is 4.79 Å². The monoisotopic (exact) mass is 218 g/mol. The summed E-state index contributed by atoms with van der Waals surface area (Å²) < 4.78 is 0. The first kappa shape index (κ1) is 10.6. The summed E-state index contributed by atoms with van der Waals surface area (Å²) in [7, 11) is 0. The predicted molar refractivity (Wildman–Crippen MR) is 62.0 cm³/mol. The van der Waals surface area contributed by atoms with Crippen molar-refractivity contribution >= 4 is 16.9 Å². The van der Waals surface area contributed by atoms with E-state index in [0.717, 1.165) is 24.1 Å². The summed E-state index contributed by atoms with van der Waals surface area (Å²) in [4.78, 5) is 17.5. The van der Waals surface area contributed by atoms with Crippen LogP contribution in [0.4, 0.5) is 0 Å². The molecule has 0 unspecified atom stereocenters. The van der Waals surface area contributed by atoms with Gasteiger partial charge in [0.1, 0.15) is 0 Å². The van der Waals surface area contributed by atoms with Crippen LogP contribution < -0.4 is 10.6 Å². The van der Waals surface area contributed by atoms with Gasteiger partial charge in [0.2, 0.25) is 5.91 Å². The third kappa shape index (κ3) is 2.80. The van der Waals surface area contributed by atoms with Gasteiger partial charge in [0.25, 0.3) is 0 Å². The first-order valence-corrected chi connectivity index (χ1v) is 5.22. The lowest BCUT2D eigenvalue weighted by molar-refractivity contribution is -0.121. The highest BCUT2D eigenvalue weighted by Crippen LogP contribution is 2.05. The van der Waals surface area contributed by atoms with E-state index in [2.05, 4.69) is 20.6 Å². The summed E-state index contributed by atoms with van der Waals surface area (Å²) in [6.45, 7) is 2.17. The first-order valence-electron chi connectivity index (χ1n) is 5.22. The third-order valence-corrected chi connectivity index (χ3v) is 2.23. The number of H-pyrrole nitrogens is 1. The Balaban J connectivity index is 0.000000125. The van der Waals surface area contributed by atoms with Gasteiger partial charge in [-0.25, -0.2) is 0 Å². The second-order valence-electron chi connectivity index (χ2n) is 3.44. The Hall–Kier alpha value is -1.88. The largest absolute Gasteiger partial charge is 0.360 e. The van der Waals surface area contributed by atoms with Crippen molar-refractivity contribution in [2.24, 2.45) is 0 Å². The number of piperazine rings is 1. The van der Waals surface area contributed by atoms with Crippen molar-refractivity contribution in [2.75, 3.05) is 19.6 Å². The van der Waals surface area contributed by atoms with Gasteiger partial charge < -0.3 is 15.6 Å². The molecule has 5 heteroatoms. The van der Waals surface area contributed by atoms with Crippen LogP contribution in [-0.2, 0) is 4.79 Å². The fraction of sp³-hybridized carbons (Fsp3) is 0.273. The quantitative estimate of drug-likeness (QED) is 0.594. The fourth-order valence-corrected chi connectivity index (χ4v) is 1.44. The zero-order valence-electron chi connectivity index (χ0n) is 8.86. The van der Waals surface area contributed by atoms with Crippen LogP contribution in [0.3, 0.4) is 0 Å². The number of carbonyl (C=O) groups is 1. The number of rotatable bonds is 0. The minimum absolute atomic E-state index is 0.103. The lowest BCUT2D eigenvalue weighted by Gasteiger charge is -2.11. The number of hydrogen-bond acceptors (Lipinski definition) is 3. The molecule has 84 valence electrons. The second-order valence-corrected chi connectivity index (χ2v) is 3.44. The van der Waals surface area contributed by atoms with Crippen molar-refractivity contribution in [1.82, 2.24) is 20.6 Å². The Morgan fingerprint density at radius 2 is 2.19 bits per heavy atom. The molecule has 0 atom stereocenters. The third-order valence-electron chi connectivity index (χ3n) is 2.23. The summed E-state index contributed by atoms with van der Waals surface area (Å²) in [6, 6.07) is 5.87. The molecule has 2 aromatic heterocycles. The molecule has 1 aliphatic heterocycles. The van der Waals surface area contributed by atoms with Gasteiger partial charge in [-0.05, 0) is 18.2 Å². The van der Waals surface area contributed by atoms with Crippen molar-refractivity contribution in [3.63, 3.8) is 0 Å². The van der Waals surface area contributed by atoms with Gasteiger partial charge in [-0.3, -0.25) is 9.78 Å². The normalized spacial score (nSPS) is 15.1. The van der Waals surface area contributed by atoms with Gasteiger partial charge in [0.15, 0.2) is 0 Å². The number of amides is 1. The van der Waals surface area contributed by atoms with E-state index in [1.807, 2.05) is 24.4 Å². The number of aromatic amines is 1. The molecule has 3 N–H and O–H groups in total. The predicted octanol–water partition coefficient (Wildman–Crippen LogP) is 0.269. The van der Waals surface area contributed by atoms with E-state index in [-0.39, 0.29) is 5.91 Å². The SMILES string of the molecule is O=C1CNCCN1.c1cnc2cc[nH]c2c1. The smallest absolute Gasteiger partial charge is 0.234 e. The molecular formula is C11H14N4O. The van der Waals surface area contributed by atoms with E-state index in [0.29, 0.717) is 6.54 Å². The molecule has 0 bridgehead atoms. The van der Waals surface area contributed by atoms with Crippen LogP contribution in [0.5, 0.6) is 0 Å². The van der Waals surface area contributed by atoms with Crippen LogP contribution in [0, 0.1) is 0 Å². The van der Waals surface area contributed by atoms with Crippen LogP contribution in [0.25, 0.3) is 11.0 Å². The van der Waals surface area contributed by atoms with Crippen molar-refractivity contribution in [1.29, 1.82) is 0 Å². The highest BCUT2D eigenvalue weighted by atomic mass is 16.2. The topological polar surface area (TPSA) is 69.8 Å². The van der Waals surface area contributed by atoms with Crippen molar-refractivity contribution < 1.29 is 4.79 Å². The van der Waals surface area contributed by atoms with E-state index in [1.54, 1.807) is 6.20 Å². The van der Waals surface area contributed by atoms with Crippen LogP contribution in [0.2, 0.25) is 0 Å². The molecule has 1 fully saturated rings. The van der Waals surface area contributed by atoms with Gasteiger partial charge in [-0.15, -0.1) is 0 Å². The summed E-state index contributed by atoms with van der Waals surface area (Å²) >= 11 is 0. The fourth-order valence-electron chi connectivity index (χ4n) is 1.44. The Morgan fingerprint density at radius 1 is 1.25 bits per heavy atom. The maximum atomic E-state index is 10.3. The summed E-state index contributed by atoms with van der Waals surface area (Å²) in [6.07, 6.45) is 3.67. The zero-order chi connectivity index (χ0) is 11.2. The van der Waals surface area contributed by atoms with E-state index in [4.69, 9.17) is 0 Å². The van der Waals surface area contributed by atoms with Crippen LogP contribution in [0.15, 0.2) is 30.6 Å². The average Bonchev–Trinajstić information content (AvgIpc) is 2.79. The maximum Gasteiger partial charge on any atom is 0.234 e. The van der Waals surface area contributed by atoms with Crippen LogP contribution >= 0.6 is 0 Å². The summed E-state index contributed by atoms with van der Waals surface area (Å²) in [5, 5.41) is 5.60. The molecule has 0 aliphatic carbocycles. The lowest BCUT2D eigenvalue weighted by atomic mass is 10.4. The average molecular weight is 218 g/mol. The minimum Gasteiger partial charge on any atom is -0.360 e. The molecule has 2 aromatic rings. The number of fused-ring (bicyclic) bond motifs is 1. The molecule has 0 radical (unpaired) electrons. The molecule has 3 heterocycles. The Morgan fingerprint density at radius 3 is 2.81 bits per heavy atom. The number of carbonyl (C=O) groups excluding carboxylic acids is 1. The van der Waals surface area contributed by atoms with E-state index in [1.165, 1.54) is 0 Å². The van der Waals surface area contributed by atoms with Crippen molar-refractivity contribution in [2.45, 2.75) is 0 Å². The highest BCUT2D eigenvalue weighted by Gasteiger charge is 2.02. The van der Waals surface area contributed by atoms with Crippen LogP contribution in [0.1, 0.15) is 0 Å². The second kappa shape index (κ2) is 5.27. The molecule has 1 saturated heterocycles. The van der Waals surface area contributed by atoms with Gasteiger partial charge >= 0.3 is 0 Å². The minimum atomic E-state index is 0.103. The molecule has 0 spiro atoms. The number of nitrogens with zero attached hydrogens (tertiary/aromatic N) is 1. The highest BCUT2D eigenvalue weighted by molar-refractivity contribution is 5.78. The molecular weight excluding hydrogens is 204 g/mol. The van der Waals surface area contributed by atoms with Gasteiger partial charge in [0.05, 0.1) is 17.6 Å². The summed E-state index contributed by atoms with van der Waals surface area (Å²) in [5.74, 6) is 0.103. The van der Waals surface area contributed by atoms with E-state index >= 15 is 0 Å². The molecule has 1 aliphatic rings. The zero-order valence-corrected chi connectivity index (χ0v) is 8.86. The molecule has 16 heavy (non-hydrogen) atoms. The van der Waals surface area contributed by atoms with Crippen LogP contribution in [-0.4, -0.2) is 35.5 Å². The lowest BCUT2D eigenvalue weighted by Crippen LogP contribution is -2.44. The first-order chi connectivity index (χ1) is 7.86. The maximum absolute atomic E-state index is 10.3. The Bertz CT molecular complexity index is 427. The number of nitrogens with one attached hydrogen (secondary N) is 3. The number of hydrogen-bond donors (Lipinski definition) is 3.